The summed E-state index contributed by atoms with van der Waals surface area (Å²) in [6.45, 7) is 7.89. The number of carbonyl (C=O) groups excluding carboxylic acids is 1. The second-order valence-corrected chi connectivity index (χ2v) is 5.60. The van der Waals surface area contributed by atoms with Crippen molar-refractivity contribution in [2.75, 3.05) is 0 Å². The van der Waals surface area contributed by atoms with Gasteiger partial charge in [-0.05, 0) is 38.3 Å². The molecule has 1 aromatic rings. The molecule has 0 saturated carbocycles. The molecule has 0 bridgehead atoms. The molecule has 0 atom stereocenters. The third-order valence-electron chi connectivity index (χ3n) is 4.19. The second kappa shape index (κ2) is 4.34. The first-order chi connectivity index (χ1) is 8.91. The first-order valence-electron chi connectivity index (χ1n) is 6.65. The Morgan fingerprint density at radius 1 is 1.37 bits per heavy atom. The van der Waals surface area contributed by atoms with E-state index in [-0.39, 0.29) is 5.91 Å². The topological polar surface area (TPSA) is 65.8 Å². The van der Waals surface area contributed by atoms with Gasteiger partial charge in [0.1, 0.15) is 6.07 Å². The Hall–Kier alpha value is -1.89. The van der Waals surface area contributed by atoms with Gasteiger partial charge in [-0.3, -0.25) is 9.78 Å². The van der Waals surface area contributed by atoms with Crippen LogP contribution in [0.2, 0.25) is 0 Å². The lowest BCUT2D eigenvalue weighted by molar-refractivity contribution is -0.130. The molecule has 0 aliphatic carbocycles. The van der Waals surface area contributed by atoms with Crippen LogP contribution in [0.15, 0.2) is 12.3 Å². The maximum absolute atomic E-state index is 12.5. The lowest BCUT2D eigenvalue weighted by Gasteiger charge is -2.43. The van der Waals surface area contributed by atoms with Crippen molar-refractivity contribution in [3.05, 3.63) is 29.1 Å². The molecule has 1 amide bonds. The van der Waals surface area contributed by atoms with Crippen LogP contribution in [0, 0.1) is 11.3 Å². The van der Waals surface area contributed by atoms with Gasteiger partial charge >= 0.3 is 0 Å². The molecule has 0 spiro atoms. The van der Waals surface area contributed by atoms with Crippen LogP contribution in [0.4, 0.5) is 0 Å². The molecule has 0 unspecified atom stereocenters. The largest absolute Gasteiger partial charge is 0.345 e. The first kappa shape index (κ1) is 13.5. The Kier molecular flexibility index (Phi) is 3.09. The number of nitrogens with one attached hydrogen (secondary N) is 1. The van der Waals surface area contributed by atoms with Crippen molar-refractivity contribution in [1.29, 1.82) is 5.26 Å². The fourth-order valence-corrected chi connectivity index (χ4v) is 2.93. The zero-order valence-electron chi connectivity index (χ0n) is 11.9. The van der Waals surface area contributed by atoms with E-state index in [2.05, 4.69) is 16.4 Å². The summed E-state index contributed by atoms with van der Waals surface area (Å²) in [6, 6.07) is 3.94. The van der Waals surface area contributed by atoms with E-state index in [0.717, 1.165) is 11.3 Å². The normalized spacial score (nSPS) is 19.2. The Bertz CT molecular complexity index is 565. The molecular weight excluding hydrogens is 238 g/mol. The molecule has 0 fully saturated rings. The number of nitriles is 1. The van der Waals surface area contributed by atoms with Gasteiger partial charge in [0.15, 0.2) is 0 Å². The van der Waals surface area contributed by atoms with E-state index in [1.165, 1.54) is 0 Å². The van der Waals surface area contributed by atoms with Crippen LogP contribution in [0.25, 0.3) is 0 Å². The van der Waals surface area contributed by atoms with Crippen LogP contribution in [0.1, 0.15) is 57.4 Å². The van der Waals surface area contributed by atoms with Crippen molar-refractivity contribution < 1.29 is 4.79 Å². The predicted octanol–water partition coefficient (Wildman–Crippen LogP) is 2.38. The summed E-state index contributed by atoms with van der Waals surface area (Å²) in [6.07, 6.45) is 2.98. The molecule has 1 aliphatic rings. The quantitative estimate of drug-likeness (QED) is 0.884. The molecule has 4 heteroatoms. The van der Waals surface area contributed by atoms with E-state index < -0.39 is 11.0 Å². The monoisotopic (exact) mass is 257 g/mol. The third kappa shape index (κ3) is 1.81. The summed E-state index contributed by atoms with van der Waals surface area (Å²) in [4.78, 5) is 17.0. The second-order valence-electron chi connectivity index (χ2n) is 5.60. The van der Waals surface area contributed by atoms with Crippen molar-refractivity contribution in [1.82, 2.24) is 10.3 Å². The molecule has 1 aliphatic heterocycles. The number of fused-ring (bicyclic) bond motifs is 1. The number of rotatable bonds is 2. The number of hydrogen-bond donors (Lipinski definition) is 1. The van der Waals surface area contributed by atoms with Crippen LogP contribution in [0.3, 0.4) is 0 Å². The van der Waals surface area contributed by atoms with E-state index in [9.17, 15) is 4.79 Å². The van der Waals surface area contributed by atoms with Crippen molar-refractivity contribution in [2.24, 2.45) is 0 Å². The summed E-state index contributed by atoms with van der Waals surface area (Å²) >= 11 is 0. The van der Waals surface area contributed by atoms with Crippen LogP contribution in [-0.2, 0) is 15.7 Å². The van der Waals surface area contributed by atoms with Gasteiger partial charge in [-0.25, -0.2) is 0 Å². The van der Waals surface area contributed by atoms with Gasteiger partial charge in [0.2, 0.25) is 5.91 Å². The van der Waals surface area contributed by atoms with Crippen molar-refractivity contribution in [3.63, 3.8) is 0 Å². The van der Waals surface area contributed by atoms with Gasteiger partial charge in [-0.15, -0.1) is 0 Å². The Morgan fingerprint density at radius 2 is 2.00 bits per heavy atom. The van der Waals surface area contributed by atoms with Crippen LogP contribution >= 0.6 is 0 Å². The van der Waals surface area contributed by atoms with Crippen LogP contribution in [-0.4, -0.2) is 10.9 Å². The zero-order chi connectivity index (χ0) is 14.3. The standard InChI is InChI=1S/C15H19N3O/c1-5-15(6-2)11-7-10(8-16)9-17-12(11)14(3,4)18-13(15)19/h7,9H,5-6H2,1-4H3,(H,18,19). The molecule has 4 nitrogen and oxygen atoms in total. The Balaban J connectivity index is 2.77. The Labute approximate surface area is 113 Å². The lowest BCUT2D eigenvalue weighted by atomic mass is 9.68. The highest BCUT2D eigenvalue weighted by molar-refractivity contribution is 5.91. The van der Waals surface area contributed by atoms with Crippen molar-refractivity contribution in [3.8, 4) is 6.07 Å². The average molecular weight is 257 g/mol. The number of pyridine rings is 1. The number of nitrogens with zero attached hydrogens (tertiary/aromatic N) is 2. The molecule has 0 radical (unpaired) electrons. The molecular formula is C15H19N3O. The van der Waals surface area contributed by atoms with E-state index in [1.54, 1.807) is 6.20 Å². The smallest absolute Gasteiger partial charge is 0.231 e. The summed E-state index contributed by atoms with van der Waals surface area (Å²) in [5.74, 6) is 0.0342. The fraction of sp³-hybridized carbons (Fsp3) is 0.533. The maximum Gasteiger partial charge on any atom is 0.231 e. The molecule has 2 heterocycles. The molecule has 100 valence electrons. The maximum atomic E-state index is 12.5. The van der Waals surface area contributed by atoms with E-state index in [1.807, 2.05) is 33.8 Å². The van der Waals surface area contributed by atoms with Gasteiger partial charge in [0.05, 0.1) is 22.2 Å². The summed E-state index contributed by atoms with van der Waals surface area (Å²) < 4.78 is 0. The molecule has 0 aromatic carbocycles. The summed E-state index contributed by atoms with van der Waals surface area (Å²) in [5, 5.41) is 12.1. The van der Waals surface area contributed by atoms with Gasteiger partial charge < -0.3 is 5.32 Å². The third-order valence-corrected chi connectivity index (χ3v) is 4.19. The van der Waals surface area contributed by atoms with Gasteiger partial charge in [-0.1, -0.05) is 13.8 Å². The molecule has 2 rings (SSSR count). The number of carbonyl (C=O) groups is 1. The average Bonchev–Trinajstić information content (AvgIpc) is 2.39. The van der Waals surface area contributed by atoms with Crippen molar-refractivity contribution >= 4 is 5.91 Å². The first-order valence-corrected chi connectivity index (χ1v) is 6.65. The highest BCUT2D eigenvalue weighted by atomic mass is 16.2. The summed E-state index contributed by atoms with van der Waals surface area (Å²) in [7, 11) is 0. The Morgan fingerprint density at radius 3 is 2.53 bits per heavy atom. The van der Waals surface area contributed by atoms with Gasteiger partial charge in [0, 0.05) is 6.20 Å². The molecule has 1 aromatic heterocycles. The fourth-order valence-electron chi connectivity index (χ4n) is 2.93. The number of amides is 1. The van der Waals surface area contributed by atoms with Gasteiger partial charge in [0.25, 0.3) is 0 Å². The molecule has 0 saturated heterocycles. The van der Waals surface area contributed by atoms with Gasteiger partial charge in [-0.2, -0.15) is 5.26 Å². The highest BCUT2D eigenvalue weighted by Crippen LogP contribution is 2.41. The van der Waals surface area contributed by atoms with Crippen molar-refractivity contribution in [2.45, 2.75) is 51.5 Å². The minimum absolute atomic E-state index is 0.0342. The van der Waals surface area contributed by atoms with Crippen LogP contribution in [0.5, 0.6) is 0 Å². The lowest BCUT2D eigenvalue weighted by Crippen LogP contribution is -2.57. The minimum Gasteiger partial charge on any atom is -0.345 e. The SMILES string of the molecule is CCC1(CC)C(=O)NC(C)(C)c2ncc(C#N)cc21. The highest BCUT2D eigenvalue weighted by Gasteiger charge is 2.47. The van der Waals surface area contributed by atoms with E-state index >= 15 is 0 Å². The zero-order valence-corrected chi connectivity index (χ0v) is 11.9. The summed E-state index contributed by atoms with van der Waals surface area (Å²) in [5.41, 5.74) is 1.23. The minimum atomic E-state index is -0.565. The molecule has 19 heavy (non-hydrogen) atoms. The predicted molar refractivity (Wildman–Crippen MR) is 72.4 cm³/mol. The van der Waals surface area contributed by atoms with E-state index in [4.69, 9.17) is 5.26 Å². The van der Waals surface area contributed by atoms with Crippen LogP contribution < -0.4 is 5.32 Å². The number of aromatic nitrogens is 1. The number of hydrogen-bond acceptors (Lipinski definition) is 3. The molecule has 1 N–H and O–H groups in total. The van der Waals surface area contributed by atoms with E-state index in [0.29, 0.717) is 18.4 Å².